The van der Waals surface area contributed by atoms with Gasteiger partial charge in [0.1, 0.15) is 0 Å². The molecule has 106 valence electrons. The molecular formula is C15H23ClN2O. The Morgan fingerprint density at radius 1 is 1.32 bits per heavy atom. The predicted molar refractivity (Wildman–Crippen MR) is 78.7 cm³/mol. The molecule has 1 saturated carbocycles. The summed E-state index contributed by atoms with van der Waals surface area (Å²) in [4.78, 5) is 4.40. The highest BCUT2D eigenvalue weighted by Gasteiger charge is 2.30. The molecule has 0 atom stereocenters. The van der Waals surface area contributed by atoms with Crippen LogP contribution in [0.25, 0.3) is 0 Å². The largest absolute Gasteiger partial charge is 0.481 e. The van der Waals surface area contributed by atoms with E-state index in [2.05, 4.69) is 10.3 Å². The number of hydrogen-bond acceptors (Lipinski definition) is 3. The fourth-order valence-electron chi connectivity index (χ4n) is 2.78. The van der Waals surface area contributed by atoms with Gasteiger partial charge in [0.05, 0.1) is 12.8 Å². The molecule has 1 aromatic heterocycles. The summed E-state index contributed by atoms with van der Waals surface area (Å²) >= 11 is 6.19. The Bertz CT molecular complexity index is 391. The van der Waals surface area contributed by atoms with Gasteiger partial charge in [0, 0.05) is 25.0 Å². The molecule has 0 aromatic carbocycles. The van der Waals surface area contributed by atoms with E-state index in [1.807, 2.05) is 18.2 Å². The summed E-state index contributed by atoms with van der Waals surface area (Å²) in [6.45, 7) is 1.76. The van der Waals surface area contributed by atoms with Crippen molar-refractivity contribution in [1.82, 2.24) is 10.3 Å². The second kappa shape index (κ2) is 7.11. The third kappa shape index (κ3) is 4.08. The van der Waals surface area contributed by atoms with Gasteiger partial charge in [0.2, 0.25) is 5.88 Å². The number of halogens is 1. The number of nitrogens with zero attached hydrogens (tertiary/aromatic N) is 1. The van der Waals surface area contributed by atoms with Crippen molar-refractivity contribution < 1.29 is 4.74 Å². The first-order valence-electron chi connectivity index (χ1n) is 7.05. The smallest absolute Gasteiger partial charge is 0.213 e. The van der Waals surface area contributed by atoms with Crippen molar-refractivity contribution in [3.63, 3.8) is 0 Å². The van der Waals surface area contributed by atoms with Crippen LogP contribution in [0.5, 0.6) is 5.88 Å². The Balaban J connectivity index is 1.84. The molecule has 1 heterocycles. The summed E-state index contributed by atoms with van der Waals surface area (Å²) in [7, 11) is 1.64. The number of methoxy groups -OCH3 is 1. The van der Waals surface area contributed by atoms with Crippen molar-refractivity contribution >= 4 is 11.6 Å². The molecule has 1 aliphatic rings. The van der Waals surface area contributed by atoms with Crippen LogP contribution in [0.1, 0.15) is 37.8 Å². The maximum atomic E-state index is 6.19. The van der Waals surface area contributed by atoms with E-state index < -0.39 is 0 Å². The van der Waals surface area contributed by atoms with Crippen molar-refractivity contribution in [2.24, 2.45) is 5.41 Å². The number of aromatic nitrogens is 1. The molecule has 1 N–H and O–H groups in total. The number of pyridine rings is 1. The number of ether oxygens (including phenoxy) is 1. The van der Waals surface area contributed by atoms with Crippen molar-refractivity contribution in [1.29, 1.82) is 0 Å². The number of nitrogens with one attached hydrogen (secondary N) is 1. The van der Waals surface area contributed by atoms with Crippen LogP contribution < -0.4 is 10.1 Å². The maximum absolute atomic E-state index is 6.19. The van der Waals surface area contributed by atoms with E-state index in [4.69, 9.17) is 16.3 Å². The van der Waals surface area contributed by atoms with Crippen LogP contribution in [-0.4, -0.2) is 24.5 Å². The minimum atomic E-state index is 0.290. The van der Waals surface area contributed by atoms with Gasteiger partial charge in [-0.15, -0.1) is 11.6 Å². The Morgan fingerprint density at radius 2 is 2.11 bits per heavy atom. The van der Waals surface area contributed by atoms with Gasteiger partial charge in [-0.2, -0.15) is 0 Å². The molecule has 2 rings (SSSR count). The van der Waals surface area contributed by atoms with Gasteiger partial charge in [-0.25, -0.2) is 4.98 Å². The summed E-state index contributed by atoms with van der Waals surface area (Å²) < 4.78 is 5.13. The van der Waals surface area contributed by atoms with E-state index in [0.29, 0.717) is 11.3 Å². The molecule has 0 unspecified atom stereocenters. The van der Waals surface area contributed by atoms with Crippen LogP contribution in [0.15, 0.2) is 18.2 Å². The summed E-state index contributed by atoms with van der Waals surface area (Å²) in [6, 6.07) is 5.86. The highest BCUT2D eigenvalue weighted by Crippen LogP contribution is 2.36. The Labute approximate surface area is 120 Å². The van der Waals surface area contributed by atoms with Crippen LogP contribution in [0.3, 0.4) is 0 Å². The molecule has 0 bridgehead atoms. The van der Waals surface area contributed by atoms with Crippen LogP contribution in [-0.2, 0) is 6.54 Å². The third-order valence-corrected chi connectivity index (χ3v) is 4.56. The first-order valence-corrected chi connectivity index (χ1v) is 7.58. The topological polar surface area (TPSA) is 34.1 Å². The zero-order valence-electron chi connectivity index (χ0n) is 11.6. The molecule has 0 aliphatic heterocycles. The van der Waals surface area contributed by atoms with E-state index in [-0.39, 0.29) is 0 Å². The van der Waals surface area contributed by atoms with E-state index in [1.165, 1.54) is 32.1 Å². The van der Waals surface area contributed by atoms with Gasteiger partial charge in [0.25, 0.3) is 0 Å². The number of rotatable bonds is 6. The first kappa shape index (κ1) is 14.6. The number of hydrogen-bond donors (Lipinski definition) is 1. The van der Waals surface area contributed by atoms with Crippen LogP contribution in [0, 0.1) is 5.41 Å². The van der Waals surface area contributed by atoms with Gasteiger partial charge in [0.15, 0.2) is 0 Å². The van der Waals surface area contributed by atoms with Crippen molar-refractivity contribution in [3.8, 4) is 5.88 Å². The Hall–Kier alpha value is -0.800. The van der Waals surface area contributed by atoms with E-state index in [9.17, 15) is 0 Å². The molecule has 1 aromatic rings. The zero-order chi connectivity index (χ0) is 13.6. The fourth-order valence-corrected chi connectivity index (χ4v) is 3.15. The normalized spacial score (nSPS) is 18.2. The summed E-state index contributed by atoms with van der Waals surface area (Å²) in [5.74, 6) is 1.43. The molecule has 0 spiro atoms. The van der Waals surface area contributed by atoms with Crippen LogP contribution in [0.2, 0.25) is 0 Å². The standard InChI is InChI=1S/C15H23ClN2O/c1-19-14-7-5-6-13(18-14)10-17-12-15(11-16)8-3-2-4-9-15/h5-7,17H,2-4,8-12H2,1H3. The van der Waals surface area contributed by atoms with Crippen molar-refractivity contribution in [3.05, 3.63) is 23.9 Å². The van der Waals surface area contributed by atoms with Gasteiger partial charge < -0.3 is 10.1 Å². The lowest BCUT2D eigenvalue weighted by Gasteiger charge is -2.35. The third-order valence-electron chi connectivity index (χ3n) is 3.99. The monoisotopic (exact) mass is 282 g/mol. The maximum Gasteiger partial charge on any atom is 0.213 e. The second-order valence-corrected chi connectivity index (χ2v) is 5.74. The van der Waals surface area contributed by atoms with Gasteiger partial charge in [-0.05, 0) is 24.3 Å². The summed E-state index contributed by atoms with van der Waals surface area (Å²) in [5, 5.41) is 3.51. The molecule has 1 fully saturated rings. The van der Waals surface area contributed by atoms with Gasteiger partial charge in [-0.3, -0.25) is 0 Å². The van der Waals surface area contributed by atoms with E-state index >= 15 is 0 Å². The van der Waals surface area contributed by atoms with E-state index in [1.54, 1.807) is 7.11 Å². The van der Waals surface area contributed by atoms with E-state index in [0.717, 1.165) is 24.7 Å². The predicted octanol–water partition coefficient (Wildman–Crippen LogP) is 3.37. The molecule has 0 amide bonds. The minimum absolute atomic E-state index is 0.290. The van der Waals surface area contributed by atoms with Crippen LogP contribution >= 0.6 is 11.6 Å². The Morgan fingerprint density at radius 3 is 2.79 bits per heavy atom. The molecule has 19 heavy (non-hydrogen) atoms. The zero-order valence-corrected chi connectivity index (χ0v) is 12.4. The quantitative estimate of drug-likeness (QED) is 0.813. The fraction of sp³-hybridized carbons (Fsp3) is 0.667. The molecule has 3 nitrogen and oxygen atoms in total. The summed E-state index contributed by atoms with van der Waals surface area (Å²) in [6.07, 6.45) is 6.47. The molecule has 1 aliphatic carbocycles. The lowest BCUT2D eigenvalue weighted by molar-refractivity contribution is 0.211. The minimum Gasteiger partial charge on any atom is -0.481 e. The number of alkyl halides is 1. The molecule has 0 saturated heterocycles. The Kier molecular flexibility index (Phi) is 5.46. The lowest BCUT2D eigenvalue weighted by Crippen LogP contribution is -2.37. The molecule has 0 radical (unpaired) electrons. The van der Waals surface area contributed by atoms with Crippen molar-refractivity contribution in [2.75, 3.05) is 19.5 Å². The highest BCUT2D eigenvalue weighted by molar-refractivity contribution is 6.18. The lowest BCUT2D eigenvalue weighted by atomic mass is 9.75. The average Bonchev–Trinajstić information content (AvgIpc) is 2.48. The highest BCUT2D eigenvalue weighted by atomic mass is 35.5. The molecule has 4 heteroatoms. The van der Waals surface area contributed by atoms with Gasteiger partial charge in [-0.1, -0.05) is 25.3 Å². The molecular weight excluding hydrogens is 260 g/mol. The average molecular weight is 283 g/mol. The second-order valence-electron chi connectivity index (χ2n) is 5.47. The van der Waals surface area contributed by atoms with Crippen LogP contribution in [0.4, 0.5) is 0 Å². The SMILES string of the molecule is COc1cccc(CNCC2(CCl)CCCCC2)n1. The first-order chi connectivity index (χ1) is 9.28. The van der Waals surface area contributed by atoms with Gasteiger partial charge >= 0.3 is 0 Å². The van der Waals surface area contributed by atoms with Crippen molar-refractivity contribution in [2.45, 2.75) is 38.6 Å². The summed E-state index contributed by atoms with van der Waals surface area (Å²) in [5.41, 5.74) is 1.30.